The molecular formula is C11H14N2O. The Bertz CT molecular complexity index is 292. The van der Waals surface area contributed by atoms with Crippen LogP contribution in [-0.2, 0) is 11.3 Å². The van der Waals surface area contributed by atoms with Gasteiger partial charge in [-0.25, -0.2) is 0 Å². The van der Waals surface area contributed by atoms with Crippen LogP contribution in [0.3, 0.4) is 0 Å². The summed E-state index contributed by atoms with van der Waals surface area (Å²) in [4.78, 5) is 0. The number of benzene rings is 1. The number of nitrogens with two attached hydrogens (primary N) is 1. The molecule has 1 aromatic carbocycles. The molecule has 74 valence electrons. The Morgan fingerprint density at radius 1 is 1.36 bits per heavy atom. The van der Waals surface area contributed by atoms with Gasteiger partial charge in [-0.15, -0.1) is 0 Å². The summed E-state index contributed by atoms with van der Waals surface area (Å²) in [5, 5.41) is 8.61. The van der Waals surface area contributed by atoms with E-state index in [0.29, 0.717) is 19.8 Å². The maximum atomic E-state index is 8.61. The van der Waals surface area contributed by atoms with E-state index in [0.717, 1.165) is 5.56 Å². The van der Waals surface area contributed by atoms with Gasteiger partial charge < -0.3 is 10.5 Å². The van der Waals surface area contributed by atoms with E-state index >= 15 is 0 Å². The fourth-order valence-corrected chi connectivity index (χ4v) is 1.05. The summed E-state index contributed by atoms with van der Waals surface area (Å²) in [6, 6.07) is 12.0. The fraction of sp³-hybridized carbons (Fsp3) is 0.364. The average Bonchev–Trinajstić information content (AvgIpc) is 2.26. The van der Waals surface area contributed by atoms with Gasteiger partial charge in [-0.1, -0.05) is 30.3 Å². The number of nitriles is 1. The van der Waals surface area contributed by atoms with Crippen LogP contribution >= 0.6 is 0 Å². The highest BCUT2D eigenvalue weighted by Gasteiger charge is 2.03. The average molecular weight is 190 g/mol. The topological polar surface area (TPSA) is 59.0 Å². The minimum absolute atomic E-state index is 0.196. The predicted octanol–water partition coefficient (Wildman–Crippen LogP) is 1.30. The van der Waals surface area contributed by atoms with Crippen molar-refractivity contribution in [1.29, 1.82) is 5.26 Å². The van der Waals surface area contributed by atoms with Gasteiger partial charge in [-0.3, -0.25) is 0 Å². The van der Waals surface area contributed by atoms with Crippen LogP contribution in [0.15, 0.2) is 30.3 Å². The molecule has 0 radical (unpaired) electrons. The van der Waals surface area contributed by atoms with Gasteiger partial charge in [0, 0.05) is 6.54 Å². The largest absolute Gasteiger partial charge is 0.375 e. The van der Waals surface area contributed by atoms with E-state index in [2.05, 4.69) is 6.07 Å². The number of ether oxygens (including phenoxy) is 1. The van der Waals surface area contributed by atoms with Gasteiger partial charge in [0.25, 0.3) is 0 Å². The molecule has 1 rings (SSSR count). The van der Waals surface area contributed by atoms with Gasteiger partial charge >= 0.3 is 0 Å². The van der Waals surface area contributed by atoms with Gasteiger partial charge in [0.15, 0.2) is 0 Å². The highest BCUT2D eigenvalue weighted by Crippen LogP contribution is 2.02. The van der Waals surface area contributed by atoms with Crippen molar-refractivity contribution < 1.29 is 4.74 Å². The van der Waals surface area contributed by atoms with Crippen LogP contribution < -0.4 is 5.73 Å². The molecule has 0 heterocycles. The Hall–Kier alpha value is -1.37. The van der Waals surface area contributed by atoms with E-state index in [9.17, 15) is 0 Å². The van der Waals surface area contributed by atoms with Crippen molar-refractivity contribution in [2.45, 2.75) is 6.61 Å². The summed E-state index contributed by atoms with van der Waals surface area (Å²) < 4.78 is 5.36. The van der Waals surface area contributed by atoms with Crippen LogP contribution in [0.5, 0.6) is 0 Å². The standard InChI is InChI=1S/C11H14N2O/c12-6-11(7-13)9-14-8-10-4-2-1-3-5-10/h1-5,11H,6,8-9,12H2. The summed E-state index contributed by atoms with van der Waals surface area (Å²) in [6.45, 7) is 1.30. The molecule has 0 aliphatic carbocycles. The van der Waals surface area contributed by atoms with E-state index in [1.54, 1.807) is 0 Å². The zero-order valence-corrected chi connectivity index (χ0v) is 8.02. The minimum Gasteiger partial charge on any atom is -0.375 e. The molecule has 1 aromatic rings. The summed E-state index contributed by atoms with van der Waals surface area (Å²) in [5.41, 5.74) is 6.47. The molecule has 0 aromatic heterocycles. The molecule has 0 aliphatic heterocycles. The second-order valence-electron chi connectivity index (χ2n) is 3.06. The van der Waals surface area contributed by atoms with Crippen LogP contribution in [-0.4, -0.2) is 13.2 Å². The van der Waals surface area contributed by atoms with Crippen LogP contribution in [0.25, 0.3) is 0 Å². The van der Waals surface area contributed by atoms with Crippen LogP contribution in [0.1, 0.15) is 5.56 Å². The first-order valence-corrected chi connectivity index (χ1v) is 4.58. The third-order valence-electron chi connectivity index (χ3n) is 1.90. The molecule has 0 saturated carbocycles. The van der Waals surface area contributed by atoms with Crippen LogP contribution in [0, 0.1) is 17.2 Å². The van der Waals surface area contributed by atoms with Crippen LogP contribution in [0.4, 0.5) is 0 Å². The molecule has 0 saturated heterocycles. The van der Waals surface area contributed by atoms with Gasteiger partial charge in [0.2, 0.25) is 0 Å². The minimum atomic E-state index is -0.196. The van der Waals surface area contributed by atoms with E-state index in [1.807, 2.05) is 30.3 Å². The monoisotopic (exact) mass is 190 g/mol. The van der Waals surface area contributed by atoms with Gasteiger partial charge in [-0.05, 0) is 5.56 Å². The van der Waals surface area contributed by atoms with E-state index in [-0.39, 0.29) is 5.92 Å². The van der Waals surface area contributed by atoms with Crippen molar-refractivity contribution in [2.75, 3.05) is 13.2 Å². The van der Waals surface area contributed by atoms with Crippen molar-refractivity contribution in [3.8, 4) is 6.07 Å². The predicted molar refractivity (Wildman–Crippen MR) is 54.3 cm³/mol. The van der Waals surface area contributed by atoms with Gasteiger partial charge in [0.1, 0.15) is 0 Å². The van der Waals surface area contributed by atoms with Gasteiger partial charge in [-0.2, -0.15) is 5.26 Å². The number of nitrogens with zero attached hydrogens (tertiary/aromatic N) is 1. The van der Waals surface area contributed by atoms with Gasteiger partial charge in [0.05, 0.1) is 25.2 Å². The first kappa shape index (κ1) is 10.7. The molecule has 0 fully saturated rings. The molecule has 0 amide bonds. The molecule has 1 atom stereocenters. The SMILES string of the molecule is N#CC(CN)COCc1ccccc1. The highest BCUT2D eigenvalue weighted by atomic mass is 16.5. The lowest BCUT2D eigenvalue weighted by Gasteiger charge is -2.07. The van der Waals surface area contributed by atoms with E-state index in [1.165, 1.54) is 0 Å². The number of hydrogen-bond donors (Lipinski definition) is 1. The molecule has 3 nitrogen and oxygen atoms in total. The Morgan fingerprint density at radius 2 is 2.07 bits per heavy atom. The Labute approximate surface area is 84.1 Å². The van der Waals surface area contributed by atoms with Crippen molar-refractivity contribution in [1.82, 2.24) is 0 Å². The summed E-state index contributed by atoms with van der Waals surface area (Å²) >= 11 is 0. The normalized spacial score (nSPS) is 12.0. The molecule has 0 aliphatic rings. The quantitative estimate of drug-likeness (QED) is 0.761. The Balaban J connectivity index is 2.26. The van der Waals surface area contributed by atoms with Crippen molar-refractivity contribution in [3.05, 3.63) is 35.9 Å². The van der Waals surface area contributed by atoms with Crippen molar-refractivity contribution in [3.63, 3.8) is 0 Å². The summed E-state index contributed by atoms with van der Waals surface area (Å²) in [6.07, 6.45) is 0. The fourth-order valence-electron chi connectivity index (χ4n) is 1.05. The first-order chi connectivity index (χ1) is 6.86. The molecule has 3 heteroatoms. The maximum absolute atomic E-state index is 8.61. The van der Waals surface area contributed by atoms with Crippen molar-refractivity contribution >= 4 is 0 Å². The maximum Gasteiger partial charge on any atom is 0.0819 e. The molecule has 14 heavy (non-hydrogen) atoms. The van der Waals surface area contributed by atoms with E-state index in [4.69, 9.17) is 15.7 Å². The first-order valence-electron chi connectivity index (χ1n) is 4.58. The zero-order chi connectivity index (χ0) is 10.2. The second kappa shape index (κ2) is 6.14. The van der Waals surface area contributed by atoms with Crippen LogP contribution in [0.2, 0.25) is 0 Å². The van der Waals surface area contributed by atoms with Crippen molar-refractivity contribution in [2.24, 2.45) is 11.7 Å². The molecule has 0 bridgehead atoms. The number of hydrogen-bond acceptors (Lipinski definition) is 3. The third-order valence-corrected chi connectivity index (χ3v) is 1.90. The molecular weight excluding hydrogens is 176 g/mol. The second-order valence-corrected chi connectivity index (χ2v) is 3.06. The lowest BCUT2D eigenvalue weighted by molar-refractivity contribution is 0.103. The molecule has 0 spiro atoms. The summed E-state index contributed by atoms with van der Waals surface area (Å²) in [5.74, 6) is -0.196. The lowest BCUT2D eigenvalue weighted by atomic mass is 10.2. The zero-order valence-electron chi connectivity index (χ0n) is 8.02. The third kappa shape index (κ3) is 3.56. The summed E-state index contributed by atoms with van der Waals surface area (Å²) in [7, 11) is 0. The molecule has 2 N–H and O–H groups in total. The number of rotatable bonds is 5. The molecule has 1 unspecified atom stereocenters. The lowest BCUT2D eigenvalue weighted by Crippen LogP contribution is -2.18. The highest BCUT2D eigenvalue weighted by molar-refractivity contribution is 5.13. The Morgan fingerprint density at radius 3 is 2.64 bits per heavy atom. The smallest absolute Gasteiger partial charge is 0.0819 e. The Kier molecular flexibility index (Phi) is 4.70. The van der Waals surface area contributed by atoms with E-state index < -0.39 is 0 Å².